The minimum atomic E-state index is 0.745. The molecular formula is C25H33N. The number of hydrogen-bond acceptors (Lipinski definition) is 1. The molecule has 0 bridgehead atoms. The molecule has 0 heterocycles. The van der Waals surface area contributed by atoms with Gasteiger partial charge in [0.2, 0.25) is 0 Å². The van der Waals surface area contributed by atoms with Gasteiger partial charge >= 0.3 is 0 Å². The molecule has 0 N–H and O–H groups in total. The molecule has 0 aliphatic carbocycles. The Morgan fingerprint density at radius 3 is 1.88 bits per heavy atom. The van der Waals surface area contributed by atoms with E-state index >= 15 is 0 Å². The van der Waals surface area contributed by atoms with Crippen molar-refractivity contribution >= 4 is 0 Å². The van der Waals surface area contributed by atoms with Crippen LogP contribution in [-0.4, -0.2) is 0 Å². The molecule has 0 atom stereocenters. The zero-order valence-corrected chi connectivity index (χ0v) is 16.3. The summed E-state index contributed by atoms with van der Waals surface area (Å²) in [6.45, 7) is 2.28. The Hall–Kier alpha value is -2.07. The largest absolute Gasteiger partial charge is 0.192 e. The van der Waals surface area contributed by atoms with Crippen LogP contribution in [0.2, 0.25) is 0 Å². The quantitative estimate of drug-likeness (QED) is 0.361. The third-order valence-electron chi connectivity index (χ3n) is 5.13. The van der Waals surface area contributed by atoms with Gasteiger partial charge in [-0.1, -0.05) is 107 Å². The van der Waals surface area contributed by atoms with Crippen molar-refractivity contribution in [1.29, 1.82) is 5.26 Å². The number of nitrogens with zero attached hydrogens (tertiary/aromatic N) is 1. The molecule has 0 fully saturated rings. The van der Waals surface area contributed by atoms with Crippen molar-refractivity contribution < 1.29 is 0 Å². The van der Waals surface area contributed by atoms with E-state index in [-0.39, 0.29) is 0 Å². The third-order valence-corrected chi connectivity index (χ3v) is 5.13. The second kappa shape index (κ2) is 12.3. The Morgan fingerprint density at radius 2 is 1.27 bits per heavy atom. The number of benzene rings is 2. The first kappa shape index (κ1) is 20.2. The number of hydrogen-bond donors (Lipinski definition) is 0. The van der Waals surface area contributed by atoms with E-state index in [2.05, 4.69) is 37.3 Å². The van der Waals surface area contributed by atoms with E-state index in [1.807, 2.05) is 24.3 Å². The fraction of sp³-hybridized carbons (Fsp3) is 0.480. The summed E-state index contributed by atoms with van der Waals surface area (Å²) in [5.41, 5.74) is 4.31. The molecule has 26 heavy (non-hydrogen) atoms. The van der Waals surface area contributed by atoms with Gasteiger partial charge in [-0.15, -0.1) is 0 Å². The molecule has 0 unspecified atom stereocenters. The zero-order chi connectivity index (χ0) is 18.5. The standard InChI is InChI=1S/C25H33N/c1-2-3-4-5-6-7-8-9-10-11-14-22-17-19-23(20-18-22)25-16-13-12-15-24(25)21-26/h12-13,15-20H,2-11,14H2,1H3. The molecule has 2 aromatic rings. The van der Waals surface area contributed by atoms with Gasteiger partial charge < -0.3 is 0 Å². The van der Waals surface area contributed by atoms with Gasteiger partial charge in [-0.2, -0.15) is 5.26 Å². The highest BCUT2D eigenvalue weighted by atomic mass is 14.2. The summed E-state index contributed by atoms with van der Waals surface area (Å²) in [4.78, 5) is 0. The fourth-order valence-electron chi connectivity index (χ4n) is 3.50. The zero-order valence-electron chi connectivity index (χ0n) is 16.3. The highest BCUT2D eigenvalue weighted by Crippen LogP contribution is 2.24. The summed E-state index contributed by atoms with van der Waals surface area (Å²) in [5, 5.41) is 9.24. The average Bonchev–Trinajstić information content (AvgIpc) is 2.70. The molecule has 1 heteroatoms. The average molecular weight is 348 g/mol. The van der Waals surface area contributed by atoms with E-state index in [0.717, 1.165) is 23.1 Å². The Morgan fingerprint density at radius 1 is 0.692 bits per heavy atom. The molecule has 0 saturated carbocycles. The van der Waals surface area contributed by atoms with Gasteiger partial charge in [0, 0.05) is 0 Å². The highest BCUT2D eigenvalue weighted by molar-refractivity contribution is 5.70. The van der Waals surface area contributed by atoms with Crippen LogP contribution in [0.5, 0.6) is 0 Å². The van der Waals surface area contributed by atoms with Crippen molar-refractivity contribution in [1.82, 2.24) is 0 Å². The molecule has 2 aromatic carbocycles. The summed E-state index contributed by atoms with van der Waals surface area (Å²) in [6.07, 6.45) is 15.0. The maximum absolute atomic E-state index is 9.24. The summed E-state index contributed by atoms with van der Waals surface area (Å²) >= 11 is 0. The van der Waals surface area contributed by atoms with Crippen LogP contribution in [-0.2, 0) is 6.42 Å². The molecule has 0 aliphatic heterocycles. The molecule has 1 nitrogen and oxygen atoms in total. The molecule has 2 rings (SSSR count). The highest BCUT2D eigenvalue weighted by Gasteiger charge is 2.03. The SMILES string of the molecule is CCCCCCCCCCCCc1ccc(-c2ccccc2C#N)cc1. The second-order valence-corrected chi connectivity index (χ2v) is 7.29. The van der Waals surface area contributed by atoms with Crippen LogP contribution in [0.3, 0.4) is 0 Å². The van der Waals surface area contributed by atoms with Gasteiger partial charge in [-0.25, -0.2) is 0 Å². The molecule has 0 spiro atoms. The lowest BCUT2D eigenvalue weighted by atomic mass is 9.98. The monoisotopic (exact) mass is 347 g/mol. The summed E-state index contributed by atoms with van der Waals surface area (Å²) in [5.74, 6) is 0. The molecule has 0 aromatic heterocycles. The maximum Gasteiger partial charge on any atom is 0.0998 e. The van der Waals surface area contributed by atoms with Gasteiger partial charge in [0.25, 0.3) is 0 Å². The van der Waals surface area contributed by atoms with E-state index < -0.39 is 0 Å². The molecular weight excluding hydrogens is 314 g/mol. The van der Waals surface area contributed by atoms with Crippen LogP contribution in [0.1, 0.15) is 82.3 Å². The van der Waals surface area contributed by atoms with Crippen molar-refractivity contribution in [2.45, 2.75) is 77.6 Å². The van der Waals surface area contributed by atoms with Crippen LogP contribution in [0, 0.1) is 11.3 Å². The Labute approximate surface area is 160 Å². The van der Waals surface area contributed by atoms with Crippen molar-refractivity contribution in [3.05, 3.63) is 59.7 Å². The van der Waals surface area contributed by atoms with E-state index in [0.29, 0.717) is 0 Å². The Bertz CT molecular complexity index is 663. The number of rotatable bonds is 12. The van der Waals surface area contributed by atoms with Crippen molar-refractivity contribution in [3.63, 3.8) is 0 Å². The lowest BCUT2D eigenvalue weighted by Crippen LogP contribution is -1.88. The summed E-state index contributed by atoms with van der Waals surface area (Å²) in [6, 6.07) is 18.8. The first-order valence-corrected chi connectivity index (χ1v) is 10.4. The van der Waals surface area contributed by atoms with Crippen molar-refractivity contribution in [2.75, 3.05) is 0 Å². The number of nitriles is 1. The van der Waals surface area contributed by atoms with Crippen LogP contribution in [0.25, 0.3) is 11.1 Å². The van der Waals surface area contributed by atoms with E-state index in [1.165, 1.54) is 69.8 Å². The summed E-state index contributed by atoms with van der Waals surface area (Å²) in [7, 11) is 0. The van der Waals surface area contributed by atoms with Crippen LogP contribution in [0.15, 0.2) is 48.5 Å². The minimum Gasteiger partial charge on any atom is -0.192 e. The van der Waals surface area contributed by atoms with Gasteiger partial charge in [0.15, 0.2) is 0 Å². The van der Waals surface area contributed by atoms with E-state index in [1.54, 1.807) is 0 Å². The van der Waals surface area contributed by atoms with Crippen molar-refractivity contribution in [2.24, 2.45) is 0 Å². The molecule has 0 aliphatic rings. The van der Waals surface area contributed by atoms with Gasteiger partial charge in [-0.3, -0.25) is 0 Å². The molecule has 0 saturated heterocycles. The third kappa shape index (κ3) is 7.04. The topological polar surface area (TPSA) is 23.8 Å². The maximum atomic E-state index is 9.24. The van der Waals surface area contributed by atoms with E-state index in [4.69, 9.17) is 0 Å². The lowest BCUT2D eigenvalue weighted by Gasteiger charge is -2.06. The van der Waals surface area contributed by atoms with Gasteiger partial charge in [-0.05, 0) is 35.6 Å². The van der Waals surface area contributed by atoms with Crippen LogP contribution < -0.4 is 0 Å². The predicted molar refractivity (Wildman–Crippen MR) is 112 cm³/mol. The molecule has 0 radical (unpaired) electrons. The molecule has 138 valence electrons. The number of aryl methyl sites for hydroxylation is 1. The lowest BCUT2D eigenvalue weighted by molar-refractivity contribution is 0.556. The van der Waals surface area contributed by atoms with Gasteiger partial charge in [0.05, 0.1) is 11.6 Å². The first-order chi connectivity index (χ1) is 12.8. The molecule has 0 amide bonds. The Kier molecular flexibility index (Phi) is 9.59. The smallest absolute Gasteiger partial charge is 0.0998 e. The normalized spacial score (nSPS) is 10.6. The van der Waals surface area contributed by atoms with Crippen LogP contribution in [0.4, 0.5) is 0 Å². The summed E-state index contributed by atoms with van der Waals surface area (Å²) < 4.78 is 0. The van der Waals surface area contributed by atoms with Gasteiger partial charge in [0.1, 0.15) is 0 Å². The first-order valence-electron chi connectivity index (χ1n) is 10.4. The fourth-order valence-corrected chi connectivity index (χ4v) is 3.50. The Balaban J connectivity index is 1.65. The minimum absolute atomic E-state index is 0.745. The van der Waals surface area contributed by atoms with Crippen LogP contribution >= 0.6 is 0 Å². The van der Waals surface area contributed by atoms with E-state index in [9.17, 15) is 5.26 Å². The number of unbranched alkanes of at least 4 members (excludes halogenated alkanes) is 9. The second-order valence-electron chi connectivity index (χ2n) is 7.29. The van der Waals surface area contributed by atoms with Crippen molar-refractivity contribution in [3.8, 4) is 17.2 Å². The predicted octanol–water partition coefficient (Wildman–Crippen LogP) is 7.69.